The molecule has 0 saturated carbocycles. The number of carbonyl (C=O) groups excluding carboxylic acids is 1. The number of pyridine rings is 2. The summed E-state index contributed by atoms with van der Waals surface area (Å²) in [7, 11) is 0. The molecule has 231 valence electrons. The van der Waals surface area contributed by atoms with Crippen molar-refractivity contribution in [3.8, 4) is 11.3 Å². The van der Waals surface area contributed by atoms with Crippen molar-refractivity contribution in [3.05, 3.63) is 83.4 Å². The molecule has 4 nitrogen and oxygen atoms in total. The zero-order valence-electron chi connectivity index (χ0n) is 28.8. The van der Waals surface area contributed by atoms with Crippen molar-refractivity contribution in [3.63, 3.8) is 0 Å². The van der Waals surface area contributed by atoms with E-state index in [1.54, 1.807) is 12.4 Å². The van der Waals surface area contributed by atoms with E-state index in [4.69, 9.17) is 7.73 Å². The van der Waals surface area contributed by atoms with Crippen molar-refractivity contribution in [2.75, 3.05) is 0 Å². The summed E-state index contributed by atoms with van der Waals surface area (Å²) in [5.74, 6) is 0.404. The summed E-state index contributed by atoms with van der Waals surface area (Å²) in [4.78, 5) is 21.1. The van der Waals surface area contributed by atoms with Gasteiger partial charge in [0, 0.05) is 58.6 Å². The summed E-state index contributed by atoms with van der Waals surface area (Å²) in [6.45, 7) is 16.3. The second-order valence-corrected chi connectivity index (χ2v) is 12.2. The molecule has 2 aromatic heterocycles. The molecular weight excluding hydrogens is 709 g/mol. The third-order valence-corrected chi connectivity index (χ3v) is 8.65. The molecule has 2 aromatic carbocycles. The number of hydrogen-bond acceptors (Lipinski definition) is 4. The first kappa shape index (κ1) is 31.5. The van der Waals surface area contributed by atoms with Crippen molar-refractivity contribution in [2.45, 2.75) is 92.9 Å². The molecule has 0 unspecified atom stereocenters. The number of aromatic nitrogens is 2. The maximum absolute atomic E-state index is 11.7. The molecule has 2 heterocycles. The van der Waals surface area contributed by atoms with E-state index in [1.165, 1.54) is 22.4 Å². The van der Waals surface area contributed by atoms with Crippen molar-refractivity contribution in [2.24, 2.45) is 17.8 Å². The number of carbonyl (C=O) groups is 1. The quantitative estimate of drug-likeness (QED) is 0.105. The van der Waals surface area contributed by atoms with Gasteiger partial charge >= 0.3 is 0 Å². The Hall–Kier alpha value is -2.88. The molecule has 4 aromatic rings. The minimum absolute atomic E-state index is 0. The minimum atomic E-state index is -1.44. The molecule has 5 heteroatoms. The summed E-state index contributed by atoms with van der Waals surface area (Å²) in [6.07, 6.45) is 6.93. The molecule has 0 saturated heterocycles. The van der Waals surface area contributed by atoms with E-state index in [0.29, 0.717) is 5.56 Å². The molecule has 5 rings (SSSR count). The summed E-state index contributed by atoms with van der Waals surface area (Å²) in [6, 6.07) is 15.9. The van der Waals surface area contributed by atoms with Crippen LogP contribution in [0.25, 0.3) is 32.9 Å². The first-order valence-corrected chi connectivity index (χ1v) is 15.5. The number of ketones is 1. The van der Waals surface area contributed by atoms with Crippen LogP contribution in [0.15, 0.2) is 60.6 Å². The Bertz CT molecular complexity index is 1680. The predicted molar refractivity (Wildman–Crippen MR) is 176 cm³/mol. The number of rotatable bonds is 9. The first-order chi connectivity index (χ1) is 20.8. The molecular formula is C38H47IrN2O2-. The fourth-order valence-corrected chi connectivity index (χ4v) is 6.23. The van der Waals surface area contributed by atoms with E-state index in [9.17, 15) is 9.90 Å². The Morgan fingerprint density at radius 2 is 1.70 bits per heavy atom. The monoisotopic (exact) mass is 758 g/mol. The second-order valence-electron chi connectivity index (χ2n) is 12.2. The molecule has 0 aliphatic heterocycles. The molecule has 1 aliphatic rings. The van der Waals surface area contributed by atoms with E-state index in [1.807, 2.05) is 53.7 Å². The van der Waals surface area contributed by atoms with Gasteiger partial charge in [0.05, 0.1) is 11.3 Å². The standard InChI is InChI=1S/C25H23N2.C13H24O2.Ir/c1-15(2)11-16-12-19-21(26-13-16)14-27-24-18-9-5-7-17-8-6-10-20(22(17)18)25(3,4)23(19)24;1-5-10(6-2)12(14)9-13(15)11(7-3)8-4;/h5-8,10,12-15H,11H2,1-4H3;9-11,14H,5-8H2,1-4H3;/q-1;;/b;12-9-;/i11D2;;. The minimum Gasteiger partial charge on any atom is -0.512 e. The summed E-state index contributed by atoms with van der Waals surface area (Å²) < 4.78 is 17.1. The van der Waals surface area contributed by atoms with Gasteiger partial charge < -0.3 is 10.1 Å². The third kappa shape index (κ3) is 7.10. The zero-order chi connectivity index (χ0) is 32.4. The van der Waals surface area contributed by atoms with Gasteiger partial charge in [0.1, 0.15) is 0 Å². The van der Waals surface area contributed by atoms with Crippen LogP contribution in [-0.2, 0) is 36.7 Å². The van der Waals surface area contributed by atoms with Gasteiger partial charge in [-0.2, -0.15) is 0 Å². The topological polar surface area (TPSA) is 63.1 Å². The number of aliphatic hydroxyl groups is 1. The van der Waals surface area contributed by atoms with Crippen LogP contribution in [0, 0.1) is 23.8 Å². The normalized spacial score (nSPS) is 14.6. The average molecular weight is 758 g/mol. The van der Waals surface area contributed by atoms with Gasteiger partial charge in [0.25, 0.3) is 0 Å². The van der Waals surface area contributed by atoms with Gasteiger partial charge in [-0.15, -0.1) is 29.1 Å². The first-order valence-electron chi connectivity index (χ1n) is 16.5. The van der Waals surface area contributed by atoms with Gasteiger partial charge in [-0.3, -0.25) is 9.78 Å². The summed E-state index contributed by atoms with van der Waals surface area (Å²) >= 11 is 0. The van der Waals surface area contributed by atoms with Crippen molar-refractivity contribution in [1.29, 1.82) is 0 Å². The molecule has 43 heavy (non-hydrogen) atoms. The predicted octanol–water partition coefficient (Wildman–Crippen LogP) is 9.96. The van der Waals surface area contributed by atoms with Crippen LogP contribution in [0.3, 0.4) is 0 Å². The zero-order valence-corrected chi connectivity index (χ0v) is 29.2. The van der Waals surface area contributed by atoms with E-state index < -0.39 is 6.37 Å². The van der Waals surface area contributed by atoms with Crippen molar-refractivity contribution < 1.29 is 32.7 Å². The Morgan fingerprint density at radius 3 is 2.33 bits per heavy atom. The fourth-order valence-electron chi connectivity index (χ4n) is 6.23. The molecule has 1 aliphatic carbocycles. The molecule has 0 amide bonds. The van der Waals surface area contributed by atoms with Gasteiger partial charge in [-0.1, -0.05) is 84.5 Å². The van der Waals surface area contributed by atoms with Gasteiger partial charge in [-0.25, -0.2) is 0 Å². The van der Waals surface area contributed by atoms with Crippen molar-refractivity contribution in [1.82, 2.24) is 9.97 Å². The number of fused-ring (bicyclic) bond motifs is 4. The van der Waals surface area contributed by atoms with E-state index in [0.717, 1.165) is 53.4 Å². The number of allylic oxidation sites excluding steroid dienone is 2. The van der Waals surface area contributed by atoms with Gasteiger partial charge in [-0.05, 0) is 66.2 Å². The average Bonchev–Trinajstić information content (AvgIpc) is 3.00. The third-order valence-electron chi connectivity index (χ3n) is 8.65. The second kappa shape index (κ2) is 14.7. The number of aliphatic hydroxyl groups excluding tert-OH is 1. The van der Waals surface area contributed by atoms with Gasteiger partial charge in [0.15, 0.2) is 5.78 Å². The SMILES string of the molecule is CCC(CC)C(=O)/C=C(\O)C(CC)CC.[2H]C([2H])(c1cnc2cnc3c(c2c1)C(C)(C)c1cccc2cc[c-]c-3c12)C(C)C.[Ir]. The maximum Gasteiger partial charge on any atom is 0.162 e. The number of benzene rings is 2. The van der Waals surface area contributed by atoms with Gasteiger partial charge in [0.2, 0.25) is 0 Å². The van der Waals surface area contributed by atoms with Crippen LogP contribution < -0.4 is 0 Å². The van der Waals surface area contributed by atoms with Crippen LogP contribution >= 0.6 is 0 Å². The number of hydrogen-bond donors (Lipinski definition) is 1. The van der Waals surface area contributed by atoms with E-state index in [2.05, 4.69) is 49.2 Å². The van der Waals surface area contributed by atoms with E-state index in [-0.39, 0.29) is 54.8 Å². The van der Waals surface area contributed by atoms with Crippen LogP contribution in [0.5, 0.6) is 0 Å². The van der Waals surface area contributed by atoms with Crippen LogP contribution in [0.2, 0.25) is 0 Å². The van der Waals surface area contributed by atoms with Crippen LogP contribution in [0.1, 0.15) is 101 Å². The Morgan fingerprint density at radius 1 is 1.02 bits per heavy atom. The summed E-state index contributed by atoms with van der Waals surface area (Å²) in [5.41, 5.74) is 5.43. The van der Waals surface area contributed by atoms with Crippen LogP contribution in [-0.4, -0.2) is 20.9 Å². The molecule has 0 fully saturated rings. The Balaban J connectivity index is 0.000000297. The summed E-state index contributed by atoms with van der Waals surface area (Å²) in [5, 5.41) is 13.1. The Labute approximate surface area is 274 Å². The maximum atomic E-state index is 11.7. The van der Waals surface area contributed by atoms with Crippen LogP contribution in [0.4, 0.5) is 0 Å². The molecule has 1 N–H and O–H groups in total. The number of nitrogens with zero attached hydrogens (tertiary/aromatic N) is 2. The Kier molecular flexibility index (Phi) is 10.8. The molecule has 0 atom stereocenters. The molecule has 0 bridgehead atoms. The van der Waals surface area contributed by atoms with Crippen molar-refractivity contribution >= 4 is 27.5 Å². The smallest absolute Gasteiger partial charge is 0.162 e. The van der Waals surface area contributed by atoms with E-state index >= 15 is 0 Å². The molecule has 0 spiro atoms. The fraction of sp³-hybridized carbons (Fsp3) is 0.447. The largest absolute Gasteiger partial charge is 0.512 e. The molecule has 1 radical (unpaired) electrons.